The van der Waals surface area contributed by atoms with Gasteiger partial charge in [-0.2, -0.15) is 0 Å². The van der Waals surface area contributed by atoms with Gasteiger partial charge in [0.2, 0.25) is 10.0 Å². The Bertz CT molecular complexity index is 755. The minimum Gasteiger partial charge on any atom is -0.207 e. The van der Waals surface area contributed by atoms with Gasteiger partial charge in [-0.1, -0.05) is 61.0 Å². The zero-order valence-electron chi connectivity index (χ0n) is 14.3. The molecule has 0 amide bonds. The van der Waals surface area contributed by atoms with Crippen LogP contribution >= 0.6 is 15.9 Å². The van der Waals surface area contributed by atoms with Crippen molar-refractivity contribution in [2.45, 2.75) is 50.5 Å². The smallest absolute Gasteiger partial charge is 0.207 e. The van der Waals surface area contributed by atoms with Gasteiger partial charge in [0, 0.05) is 10.5 Å². The summed E-state index contributed by atoms with van der Waals surface area (Å²) in [5.74, 6) is 0.513. The fourth-order valence-corrected chi connectivity index (χ4v) is 4.12. The Balaban J connectivity index is 2.20. The van der Waals surface area contributed by atoms with Crippen molar-refractivity contribution < 1.29 is 8.42 Å². The van der Waals surface area contributed by atoms with E-state index in [1.807, 2.05) is 19.1 Å². The van der Waals surface area contributed by atoms with E-state index in [0.29, 0.717) is 12.3 Å². The van der Waals surface area contributed by atoms with E-state index in [1.54, 1.807) is 24.3 Å². The Morgan fingerprint density at radius 1 is 0.917 bits per heavy atom. The summed E-state index contributed by atoms with van der Waals surface area (Å²) >= 11 is 3.32. The Kier molecular flexibility index (Phi) is 6.61. The molecule has 0 aliphatic heterocycles. The zero-order chi connectivity index (χ0) is 17.7. The zero-order valence-corrected chi connectivity index (χ0v) is 16.7. The molecule has 0 aliphatic rings. The maximum atomic E-state index is 12.6. The monoisotopic (exact) mass is 409 g/mol. The standard InChI is InChI=1S/C19H24BrNO2S/c1-4-14(3)15-6-8-16(9-7-15)19(5-2)21-24(22,23)18-12-10-17(20)11-13-18/h6-14,19,21H,4-5H2,1-3H3. The molecule has 0 aliphatic carbocycles. The van der Waals surface area contributed by atoms with Gasteiger partial charge in [-0.25, -0.2) is 13.1 Å². The molecule has 0 radical (unpaired) electrons. The molecule has 2 aromatic rings. The van der Waals surface area contributed by atoms with Crippen LogP contribution in [-0.2, 0) is 10.0 Å². The maximum absolute atomic E-state index is 12.6. The summed E-state index contributed by atoms with van der Waals surface area (Å²) in [7, 11) is -3.54. The molecule has 130 valence electrons. The molecule has 0 heterocycles. The van der Waals surface area contributed by atoms with Crippen molar-refractivity contribution >= 4 is 26.0 Å². The molecule has 1 N–H and O–H groups in total. The van der Waals surface area contributed by atoms with Crippen molar-refractivity contribution in [1.82, 2.24) is 4.72 Å². The number of halogens is 1. The fourth-order valence-electron chi connectivity index (χ4n) is 2.55. The van der Waals surface area contributed by atoms with Crippen molar-refractivity contribution in [2.75, 3.05) is 0 Å². The van der Waals surface area contributed by atoms with Gasteiger partial charge in [0.1, 0.15) is 0 Å². The molecule has 0 spiro atoms. The quantitative estimate of drug-likeness (QED) is 0.665. The molecule has 24 heavy (non-hydrogen) atoms. The lowest BCUT2D eigenvalue weighted by Crippen LogP contribution is -2.28. The summed E-state index contributed by atoms with van der Waals surface area (Å²) < 4.78 is 28.8. The maximum Gasteiger partial charge on any atom is 0.241 e. The topological polar surface area (TPSA) is 46.2 Å². The van der Waals surface area contributed by atoms with Crippen LogP contribution in [0.15, 0.2) is 57.9 Å². The van der Waals surface area contributed by atoms with Gasteiger partial charge in [0.25, 0.3) is 0 Å². The Morgan fingerprint density at radius 3 is 1.96 bits per heavy atom. The molecule has 0 aromatic heterocycles. The third-order valence-electron chi connectivity index (χ3n) is 4.35. The Morgan fingerprint density at radius 2 is 1.46 bits per heavy atom. The lowest BCUT2D eigenvalue weighted by Gasteiger charge is -2.19. The van der Waals surface area contributed by atoms with Crippen LogP contribution in [0.2, 0.25) is 0 Å². The number of sulfonamides is 1. The number of nitrogens with one attached hydrogen (secondary N) is 1. The first-order valence-electron chi connectivity index (χ1n) is 8.25. The first-order valence-corrected chi connectivity index (χ1v) is 10.5. The second-order valence-electron chi connectivity index (χ2n) is 6.01. The molecule has 0 bridgehead atoms. The highest BCUT2D eigenvalue weighted by Crippen LogP contribution is 2.24. The molecule has 0 saturated carbocycles. The van der Waals surface area contributed by atoms with Gasteiger partial charge in [0.05, 0.1) is 4.90 Å². The minimum absolute atomic E-state index is 0.232. The molecule has 2 unspecified atom stereocenters. The minimum atomic E-state index is -3.54. The molecule has 5 heteroatoms. The lowest BCUT2D eigenvalue weighted by atomic mass is 9.96. The van der Waals surface area contributed by atoms with Crippen LogP contribution in [0.25, 0.3) is 0 Å². The average molecular weight is 410 g/mol. The van der Waals surface area contributed by atoms with Crippen molar-refractivity contribution in [3.05, 3.63) is 64.1 Å². The third kappa shape index (κ3) is 4.68. The van der Waals surface area contributed by atoms with Crippen LogP contribution in [-0.4, -0.2) is 8.42 Å². The predicted molar refractivity (Wildman–Crippen MR) is 103 cm³/mol. The van der Waals surface area contributed by atoms with Crippen molar-refractivity contribution in [3.8, 4) is 0 Å². The first kappa shape index (κ1) is 19.2. The van der Waals surface area contributed by atoms with Crippen LogP contribution in [0.4, 0.5) is 0 Å². The molecule has 0 saturated heterocycles. The number of benzene rings is 2. The van der Waals surface area contributed by atoms with Crippen LogP contribution in [0, 0.1) is 0 Å². The molecular weight excluding hydrogens is 386 g/mol. The Labute approximate surface area is 153 Å². The van der Waals surface area contributed by atoms with Gasteiger partial charge in [-0.05, 0) is 54.2 Å². The van der Waals surface area contributed by atoms with E-state index in [-0.39, 0.29) is 10.9 Å². The summed E-state index contributed by atoms with van der Waals surface area (Å²) in [6.07, 6.45) is 1.78. The fraction of sp³-hybridized carbons (Fsp3) is 0.368. The summed E-state index contributed by atoms with van der Waals surface area (Å²) in [5.41, 5.74) is 2.28. The van der Waals surface area contributed by atoms with Gasteiger partial charge in [-0.15, -0.1) is 0 Å². The molecule has 2 atom stereocenters. The predicted octanol–water partition coefficient (Wildman–Crippen LogP) is 5.39. The molecule has 0 fully saturated rings. The van der Waals surface area contributed by atoms with Crippen LogP contribution in [0.1, 0.15) is 56.7 Å². The lowest BCUT2D eigenvalue weighted by molar-refractivity contribution is 0.550. The Hall–Kier alpha value is -1.17. The van der Waals surface area contributed by atoms with Crippen LogP contribution < -0.4 is 4.72 Å². The van der Waals surface area contributed by atoms with E-state index >= 15 is 0 Å². The highest BCUT2D eigenvalue weighted by atomic mass is 79.9. The second-order valence-corrected chi connectivity index (χ2v) is 8.64. The van der Waals surface area contributed by atoms with E-state index < -0.39 is 10.0 Å². The number of hydrogen-bond donors (Lipinski definition) is 1. The summed E-state index contributed by atoms with van der Waals surface area (Å²) in [5, 5.41) is 0. The van der Waals surface area contributed by atoms with E-state index in [0.717, 1.165) is 16.5 Å². The van der Waals surface area contributed by atoms with E-state index in [1.165, 1.54) is 5.56 Å². The van der Waals surface area contributed by atoms with Gasteiger partial charge < -0.3 is 0 Å². The van der Waals surface area contributed by atoms with Crippen molar-refractivity contribution in [1.29, 1.82) is 0 Å². The van der Waals surface area contributed by atoms with Crippen molar-refractivity contribution in [3.63, 3.8) is 0 Å². The van der Waals surface area contributed by atoms with E-state index in [9.17, 15) is 8.42 Å². The van der Waals surface area contributed by atoms with Crippen molar-refractivity contribution in [2.24, 2.45) is 0 Å². The highest BCUT2D eigenvalue weighted by Gasteiger charge is 2.20. The number of hydrogen-bond acceptors (Lipinski definition) is 2. The normalized spacial score (nSPS) is 14.3. The number of rotatable bonds is 7. The van der Waals surface area contributed by atoms with Gasteiger partial charge in [-0.3, -0.25) is 0 Å². The molecule has 2 aromatic carbocycles. The molecular formula is C19H24BrNO2S. The molecule has 3 nitrogen and oxygen atoms in total. The SMILES string of the molecule is CCC(C)c1ccc(C(CC)NS(=O)(=O)c2ccc(Br)cc2)cc1. The van der Waals surface area contributed by atoms with E-state index in [2.05, 4.69) is 46.6 Å². The summed E-state index contributed by atoms with van der Waals surface area (Å²) in [4.78, 5) is 0.278. The third-order valence-corrected chi connectivity index (χ3v) is 6.37. The van der Waals surface area contributed by atoms with E-state index in [4.69, 9.17) is 0 Å². The van der Waals surface area contributed by atoms with Crippen LogP contribution in [0.3, 0.4) is 0 Å². The summed E-state index contributed by atoms with van der Waals surface area (Å²) in [6.45, 7) is 6.35. The van der Waals surface area contributed by atoms with Gasteiger partial charge >= 0.3 is 0 Å². The largest absolute Gasteiger partial charge is 0.241 e. The molecule has 2 rings (SSSR count). The second kappa shape index (κ2) is 8.28. The highest BCUT2D eigenvalue weighted by molar-refractivity contribution is 9.10. The van der Waals surface area contributed by atoms with Crippen LogP contribution in [0.5, 0.6) is 0 Å². The first-order chi connectivity index (χ1) is 11.4. The van der Waals surface area contributed by atoms with Gasteiger partial charge in [0.15, 0.2) is 0 Å². The summed E-state index contributed by atoms with van der Waals surface area (Å²) in [6, 6.07) is 14.7. The average Bonchev–Trinajstić information content (AvgIpc) is 2.59.